The second-order valence-corrected chi connectivity index (χ2v) is 3.80. The molecule has 0 radical (unpaired) electrons. The molecule has 0 saturated heterocycles. The summed E-state index contributed by atoms with van der Waals surface area (Å²) in [5, 5.41) is 13.4. The molecule has 90 valence electrons. The zero-order valence-electron chi connectivity index (χ0n) is 9.38. The molecule has 3 rings (SSSR count). The zero-order chi connectivity index (χ0) is 12.7. The Morgan fingerprint density at radius 3 is 2.94 bits per heavy atom. The van der Waals surface area contributed by atoms with Gasteiger partial charge in [-0.2, -0.15) is 0 Å². The molecule has 0 bridgehead atoms. The maximum Gasteiger partial charge on any atom is 0.375 e. The summed E-state index contributed by atoms with van der Waals surface area (Å²) in [7, 11) is 0. The maximum absolute atomic E-state index is 10.9. The van der Waals surface area contributed by atoms with Crippen LogP contribution in [0, 0.1) is 6.92 Å². The van der Waals surface area contributed by atoms with Gasteiger partial charge in [-0.1, -0.05) is 5.16 Å². The number of aromatic carboxylic acids is 1. The van der Waals surface area contributed by atoms with Crippen molar-refractivity contribution in [2.24, 2.45) is 0 Å². The molecule has 1 N–H and O–H groups in total. The monoisotopic (exact) mass is 244 g/mol. The first-order valence-corrected chi connectivity index (χ1v) is 5.21. The lowest BCUT2D eigenvalue weighted by Gasteiger charge is -1.90. The summed E-state index contributed by atoms with van der Waals surface area (Å²) in [6.45, 7) is 1.62. The van der Waals surface area contributed by atoms with E-state index in [1.807, 2.05) is 6.07 Å². The summed E-state index contributed by atoms with van der Waals surface area (Å²) in [5.41, 5.74) is 1.29. The Bertz CT molecular complexity index is 708. The van der Waals surface area contributed by atoms with Gasteiger partial charge in [0, 0.05) is 17.1 Å². The fourth-order valence-corrected chi connectivity index (χ4v) is 1.75. The highest BCUT2D eigenvalue weighted by molar-refractivity contribution is 5.88. The summed E-state index contributed by atoms with van der Waals surface area (Å²) >= 11 is 0. The molecule has 6 heteroatoms. The van der Waals surface area contributed by atoms with Crippen LogP contribution in [0.3, 0.4) is 0 Å². The summed E-state index contributed by atoms with van der Waals surface area (Å²) in [6, 6.07) is 5.39. The van der Waals surface area contributed by atoms with Gasteiger partial charge in [0.05, 0.1) is 0 Å². The average molecular weight is 244 g/mol. The van der Waals surface area contributed by atoms with Crippen LogP contribution in [0.2, 0.25) is 0 Å². The predicted octanol–water partition coefficient (Wildman–Crippen LogP) is 2.49. The lowest BCUT2D eigenvalue weighted by molar-refractivity contribution is 0.0651. The van der Waals surface area contributed by atoms with Crippen LogP contribution in [0.15, 0.2) is 33.3 Å². The second-order valence-electron chi connectivity index (χ2n) is 3.80. The van der Waals surface area contributed by atoms with Gasteiger partial charge in [0.15, 0.2) is 11.5 Å². The molecule has 0 saturated carbocycles. The van der Waals surface area contributed by atoms with E-state index in [0.29, 0.717) is 22.7 Å². The van der Waals surface area contributed by atoms with Crippen LogP contribution < -0.4 is 0 Å². The Labute approximate surface area is 101 Å². The minimum absolute atomic E-state index is 0.182. The van der Waals surface area contributed by atoms with Crippen molar-refractivity contribution < 1.29 is 18.8 Å². The van der Waals surface area contributed by atoms with Crippen LogP contribution in [0.5, 0.6) is 0 Å². The van der Waals surface area contributed by atoms with E-state index < -0.39 is 5.97 Å². The second kappa shape index (κ2) is 3.69. The molecule has 0 aliphatic carbocycles. The van der Waals surface area contributed by atoms with Crippen molar-refractivity contribution in [3.63, 3.8) is 0 Å². The van der Waals surface area contributed by atoms with Crippen LogP contribution in [0.1, 0.15) is 16.1 Å². The first-order valence-electron chi connectivity index (χ1n) is 5.21. The third-order valence-corrected chi connectivity index (χ3v) is 2.65. The van der Waals surface area contributed by atoms with E-state index in [4.69, 9.17) is 14.0 Å². The number of carboxylic acid groups (broad SMARTS) is 1. The van der Waals surface area contributed by atoms with E-state index in [1.54, 1.807) is 25.3 Å². The molecule has 18 heavy (non-hydrogen) atoms. The first-order chi connectivity index (χ1) is 8.66. The predicted molar refractivity (Wildman–Crippen MR) is 61.2 cm³/mol. The van der Waals surface area contributed by atoms with Crippen molar-refractivity contribution in [2.45, 2.75) is 6.92 Å². The molecule has 0 unspecified atom stereocenters. The third kappa shape index (κ3) is 1.46. The van der Waals surface area contributed by atoms with E-state index in [9.17, 15) is 4.79 Å². The van der Waals surface area contributed by atoms with E-state index >= 15 is 0 Å². The highest BCUT2D eigenvalue weighted by Gasteiger charge is 2.21. The Morgan fingerprint density at radius 1 is 1.44 bits per heavy atom. The Balaban J connectivity index is 2.17. The Kier molecular flexibility index (Phi) is 2.16. The normalized spacial score (nSPS) is 10.9. The molecule has 0 amide bonds. The number of nitrogens with zero attached hydrogens (tertiary/aromatic N) is 2. The Hall–Kier alpha value is -2.63. The van der Waals surface area contributed by atoms with Crippen LogP contribution in [-0.4, -0.2) is 21.2 Å². The van der Waals surface area contributed by atoms with E-state index in [0.717, 1.165) is 5.39 Å². The lowest BCUT2D eigenvalue weighted by Crippen LogP contribution is -1.95. The first kappa shape index (κ1) is 10.5. The van der Waals surface area contributed by atoms with E-state index in [1.165, 1.54) is 0 Å². The van der Waals surface area contributed by atoms with Crippen LogP contribution >= 0.6 is 0 Å². The van der Waals surface area contributed by atoms with Gasteiger partial charge in [-0.25, -0.2) is 9.78 Å². The van der Waals surface area contributed by atoms with Crippen molar-refractivity contribution in [1.82, 2.24) is 10.1 Å². The molecule has 0 fully saturated rings. The van der Waals surface area contributed by atoms with E-state index in [2.05, 4.69) is 10.1 Å². The average Bonchev–Trinajstić information content (AvgIpc) is 2.91. The van der Waals surface area contributed by atoms with Crippen LogP contribution in [0.4, 0.5) is 0 Å². The van der Waals surface area contributed by atoms with Gasteiger partial charge in [0.1, 0.15) is 0 Å². The maximum atomic E-state index is 10.9. The topological polar surface area (TPSA) is 89.4 Å². The number of hydrogen-bond donors (Lipinski definition) is 1. The van der Waals surface area contributed by atoms with Crippen molar-refractivity contribution in [3.8, 4) is 11.5 Å². The summed E-state index contributed by atoms with van der Waals surface area (Å²) in [4.78, 5) is 14.9. The number of hydrogen-bond acceptors (Lipinski definition) is 5. The zero-order valence-corrected chi connectivity index (χ0v) is 9.38. The molecular weight excluding hydrogens is 236 g/mol. The highest BCUT2D eigenvalue weighted by atomic mass is 16.5. The van der Waals surface area contributed by atoms with Crippen LogP contribution in [0.25, 0.3) is 22.6 Å². The number of aromatic nitrogens is 2. The number of pyridine rings is 1. The SMILES string of the molecule is Cc1c(-c2cc3cccnc3o2)noc1C(=O)O. The van der Waals surface area contributed by atoms with Gasteiger partial charge in [0.2, 0.25) is 11.5 Å². The molecule has 3 heterocycles. The van der Waals surface area contributed by atoms with Gasteiger partial charge < -0.3 is 14.0 Å². The number of carbonyl (C=O) groups is 1. The molecule has 3 aromatic heterocycles. The van der Waals surface area contributed by atoms with Gasteiger partial charge in [0.25, 0.3) is 0 Å². The molecular formula is C12H8N2O4. The number of furan rings is 1. The minimum Gasteiger partial charge on any atom is -0.475 e. The molecule has 0 aliphatic heterocycles. The molecule has 6 nitrogen and oxygen atoms in total. The molecule has 0 atom stereocenters. The quantitative estimate of drug-likeness (QED) is 0.744. The van der Waals surface area contributed by atoms with Gasteiger partial charge in [-0.05, 0) is 25.1 Å². The van der Waals surface area contributed by atoms with Gasteiger partial charge >= 0.3 is 5.97 Å². The third-order valence-electron chi connectivity index (χ3n) is 2.65. The smallest absolute Gasteiger partial charge is 0.375 e. The largest absolute Gasteiger partial charge is 0.475 e. The summed E-state index contributed by atoms with van der Waals surface area (Å²) < 4.78 is 10.3. The Morgan fingerprint density at radius 2 is 2.28 bits per heavy atom. The standard InChI is InChI=1S/C12H8N2O4/c1-6-9(14-18-10(6)12(15)16)8-5-7-3-2-4-13-11(7)17-8/h2-5H,1H3,(H,15,16). The lowest BCUT2D eigenvalue weighted by atomic mass is 10.1. The molecule has 0 spiro atoms. The minimum atomic E-state index is -1.15. The van der Waals surface area contributed by atoms with Crippen molar-refractivity contribution in [2.75, 3.05) is 0 Å². The fraction of sp³-hybridized carbons (Fsp3) is 0.0833. The summed E-state index contributed by atoms with van der Waals surface area (Å²) in [5.74, 6) is -0.892. The molecule has 0 aromatic carbocycles. The number of carboxylic acids is 1. The fourth-order valence-electron chi connectivity index (χ4n) is 1.75. The van der Waals surface area contributed by atoms with Gasteiger partial charge in [-0.3, -0.25) is 0 Å². The number of rotatable bonds is 2. The van der Waals surface area contributed by atoms with E-state index in [-0.39, 0.29) is 5.76 Å². The molecule has 0 aliphatic rings. The van der Waals surface area contributed by atoms with Crippen molar-refractivity contribution >= 4 is 17.1 Å². The number of fused-ring (bicyclic) bond motifs is 1. The van der Waals surface area contributed by atoms with Crippen molar-refractivity contribution in [3.05, 3.63) is 35.7 Å². The highest BCUT2D eigenvalue weighted by Crippen LogP contribution is 2.29. The van der Waals surface area contributed by atoms with Gasteiger partial charge in [-0.15, -0.1) is 0 Å². The van der Waals surface area contributed by atoms with Crippen LogP contribution in [-0.2, 0) is 0 Å². The van der Waals surface area contributed by atoms with Crippen molar-refractivity contribution in [1.29, 1.82) is 0 Å². The summed E-state index contributed by atoms with van der Waals surface area (Å²) in [6.07, 6.45) is 1.62. The molecule has 3 aromatic rings.